The highest BCUT2D eigenvalue weighted by Gasteiger charge is 2.54. The van der Waals surface area contributed by atoms with Gasteiger partial charge in [-0.1, -0.05) is 60.7 Å². The van der Waals surface area contributed by atoms with Crippen LogP contribution in [0.4, 0.5) is 0 Å². The largest absolute Gasteiger partial charge is 0.340 e. The number of imidazole rings is 1. The van der Waals surface area contributed by atoms with Crippen LogP contribution < -0.4 is 0 Å². The molecule has 7 heteroatoms. The lowest BCUT2D eigenvalue weighted by Gasteiger charge is -2.30. The molecule has 0 aliphatic carbocycles. The summed E-state index contributed by atoms with van der Waals surface area (Å²) in [6.45, 7) is 2.45. The van der Waals surface area contributed by atoms with Crippen molar-refractivity contribution in [1.29, 1.82) is 0 Å². The van der Waals surface area contributed by atoms with Crippen LogP contribution in [0.3, 0.4) is 0 Å². The lowest BCUT2D eigenvalue weighted by Crippen LogP contribution is -2.43. The van der Waals surface area contributed by atoms with Crippen molar-refractivity contribution in [2.24, 2.45) is 0 Å². The molecule has 182 valence electrons. The van der Waals surface area contributed by atoms with Crippen LogP contribution in [-0.4, -0.2) is 44.0 Å². The molecule has 0 bridgehead atoms. The summed E-state index contributed by atoms with van der Waals surface area (Å²) in [6, 6.07) is 22.7. The summed E-state index contributed by atoms with van der Waals surface area (Å²) in [6.07, 6.45) is 3.55. The third-order valence-electron chi connectivity index (χ3n) is 7.02. The lowest BCUT2D eigenvalue weighted by atomic mass is 9.74. The van der Waals surface area contributed by atoms with E-state index >= 15 is 0 Å². The van der Waals surface area contributed by atoms with Crippen LogP contribution in [0.25, 0.3) is 5.65 Å². The van der Waals surface area contributed by atoms with E-state index in [9.17, 15) is 14.4 Å². The second-order valence-electron chi connectivity index (χ2n) is 9.45. The summed E-state index contributed by atoms with van der Waals surface area (Å²) < 4.78 is 1.94. The fraction of sp³-hybridized carbons (Fsp3) is 0.241. The topological polar surface area (TPSA) is 75.0 Å². The summed E-state index contributed by atoms with van der Waals surface area (Å²) in [5, 5.41) is 0. The van der Waals surface area contributed by atoms with Crippen molar-refractivity contribution in [3.63, 3.8) is 0 Å². The Kier molecular flexibility index (Phi) is 6.14. The lowest BCUT2D eigenvalue weighted by molar-refractivity contribution is -0.143. The van der Waals surface area contributed by atoms with Gasteiger partial charge in [-0.05, 0) is 35.7 Å². The molecule has 36 heavy (non-hydrogen) atoms. The second-order valence-corrected chi connectivity index (χ2v) is 9.45. The highest BCUT2D eigenvalue weighted by atomic mass is 16.2. The number of imide groups is 1. The van der Waals surface area contributed by atoms with Crippen molar-refractivity contribution < 1.29 is 14.4 Å². The molecular formula is C29H28N4O3. The maximum atomic E-state index is 14.0. The van der Waals surface area contributed by atoms with Crippen LogP contribution in [0.2, 0.25) is 0 Å². The Morgan fingerprint density at radius 3 is 2.50 bits per heavy atom. The third kappa shape index (κ3) is 4.17. The van der Waals surface area contributed by atoms with Crippen molar-refractivity contribution in [2.45, 2.75) is 38.3 Å². The van der Waals surface area contributed by atoms with E-state index in [0.29, 0.717) is 6.54 Å². The number of aryl methyl sites for hydroxylation is 1. The van der Waals surface area contributed by atoms with E-state index in [0.717, 1.165) is 28.0 Å². The van der Waals surface area contributed by atoms with Crippen molar-refractivity contribution in [3.05, 3.63) is 108 Å². The van der Waals surface area contributed by atoms with Gasteiger partial charge in [0, 0.05) is 26.1 Å². The molecule has 1 fully saturated rings. The zero-order chi connectivity index (χ0) is 25.3. The number of likely N-dealkylation sites (tertiary alicyclic amines) is 1. The number of pyridine rings is 1. The van der Waals surface area contributed by atoms with Gasteiger partial charge in [0.2, 0.25) is 17.7 Å². The van der Waals surface area contributed by atoms with E-state index in [4.69, 9.17) is 0 Å². The quantitative estimate of drug-likeness (QED) is 0.376. The number of carbonyl (C=O) groups excluding carboxylic acids is 3. The normalized spacial score (nSPS) is 17.7. The number of aromatic nitrogens is 2. The van der Waals surface area contributed by atoms with E-state index in [-0.39, 0.29) is 37.1 Å². The Labute approximate surface area is 210 Å². The molecule has 0 radical (unpaired) electrons. The minimum absolute atomic E-state index is 0.0291. The van der Waals surface area contributed by atoms with Gasteiger partial charge in [0.1, 0.15) is 5.65 Å². The van der Waals surface area contributed by atoms with Gasteiger partial charge in [0.25, 0.3) is 0 Å². The Morgan fingerprint density at radius 1 is 1.00 bits per heavy atom. The van der Waals surface area contributed by atoms with Crippen molar-refractivity contribution in [3.8, 4) is 0 Å². The number of hydrogen-bond donors (Lipinski definition) is 0. The molecule has 3 heterocycles. The smallest absolute Gasteiger partial charge is 0.241 e. The third-order valence-corrected chi connectivity index (χ3v) is 7.02. The molecule has 2 aromatic carbocycles. The molecule has 0 N–H and O–H groups in total. The molecule has 3 amide bonds. The molecule has 1 unspecified atom stereocenters. The fourth-order valence-corrected chi connectivity index (χ4v) is 5.11. The highest BCUT2D eigenvalue weighted by Crippen LogP contribution is 2.42. The zero-order valence-corrected chi connectivity index (χ0v) is 20.4. The highest BCUT2D eigenvalue weighted by molar-refractivity contribution is 6.10. The number of amides is 3. The van der Waals surface area contributed by atoms with E-state index in [1.54, 1.807) is 18.1 Å². The molecule has 0 spiro atoms. The predicted octanol–water partition coefficient (Wildman–Crippen LogP) is 3.89. The molecular weight excluding hydrogens is 452 g/mol. The molecule has 2 aromatic heterocycles. The van der Waals surface area contributed by atoms with Gasteiger partial charge in [-0.3, -0.25) is 19.3 Å². The van der Waals surface area contributed by atoms with Crippen LogP contribution in [0, 0.1) is 6.92 Å². The monoisotopic (exact) mass is 480 g/mol. The van der Waals surface area contributed by atoms with Gasteiger partial charge in [-0.15, -0.1) is 0 Å². The molecule has 1 saturated heterocycles. The van der Waals surface area contributed by atoms with Crippen LogP contribution in [-0.2, 0) is 32.9 Å². The van der Waals surface area contributed by atoms with Gasteiger partial charge in [0.15, 0.2) is 0 Å². The fourth-order valence-electron chi connectivity index (χ4n) is 5.11. The van der Waals surface area contributed by atoms with E-state index < -0.39 is 5.41 Å². The summed E-state index contributed by atoms with van der Waals surface area (Å²) in [4.78, 5) is 48.1. The maximum absolute atomic E-state index is 14.0. The van der Waals surface area contributed by atoms with Crippen LogP contribution >= 0.6 is 0 Å². The molecule has 0 saturated carbocycles. The summed E-state index contributed by atoms with van der Waals surface area (Å²) in [5.41, 5.74) is 2.93. The average molecular weight is 481 g/mol. The molecule has 1 aliphatic rings. The van der Waals surface area contributed by atoms with Crippen LogP contribution in [0.1, 0.15) is 35.2 Å². The first-order chi connectivity index (χ1) is 17.4. The number of fused-ring (bicyclic) bond motifs is 1. The minimum Gasteiger partial charge on any atom is -0.340 e. The minimum atomic E-state index is -1.23. The van der Waals surface area contributed by atoms with Crippen molar-refractivity contribution >= 4 is 23.4 Å². The summed E-state index contributed by atoms with van der Waals surface area (Å²) in [5.74, 6) is -0.779. The predicted molar refractivity (Wildman–Crippen MR) is 136 cm³/mol. The zero-order valence-electron chi connectivity index (χ0n) is 20.4. The van der Waals surface area contributed by atoms with Crippen LogP contribution in [0.15, 0.2) is 85.2 Å². The summed E-state index contributed by atoms with van der Waals surface area (Å²) in [7, 11) is 1.72. The van der Waals surface area contributed by atoms with Crippen LogP contribution in [0.5, 0.6) is 0 Å². The number of nitrogens with zero attached hydrogens (tertiary/aromatic N) is 4. The number of rotatable bonds is 7. The van der Waals surface area contributed by atoms with Gasteiger partial charge >= 0.3 is 0 Å². The number of hydrogen-bond acceptors (Lipinski definition) is 4. The van der Waals surface area contributed by atoms with Crippen molar-refractivity contribution in [1.82, 2.24) is 19.2 Å². The van der Waals surface area contributed by atoms with Gasteiger partial charge in [-0.2, -0.15) is 0 Å². The first kappa shape index (κ1) is 23.5. The summed E-state index contributed by atoms with van der Waals surface area (Å²) >= 11 is 0. The molecule has 7 nitrogen and oxygen atoms in total. The van der Waals surface area contributed by atoms with E-state index in [2.05, 4.69) is 4.98 Å². The first-order valence-corrected chi connectivity index (χ1v) is 12.0. The van der Waals surface area contributed by atoms with E-state index in [1.807, 2.05) is 90.3 Å². The van der Waals surface area contributed by atoms with Gasteiger partial charge in [-0.25, -0.2) is 4.98 Å². The van der Waals surface area contributed by atoms with E-state index in [1.165, 1.54) is 4.90 Å². The number of carbonyl (C=O) groups is 3. The molecule has 4 aromatic rings. The number of benzene rings is 2. The maximum Gasteiger partial charge on any atom is 0.241 e. The Hall–Kier alpha value is -4.26. The van der Waals surface area contributed by atoms with Crippen molar-refractivity contribution in [2.75, 3.05) is 7.05 Å². The van der Waals surface area contributed by atoms with Gasteiger partial charge < -0.3 is 9.30 Å². The van der Waals surface area contributed by atoms with Gasteiger partial charge in [0.05, 0.1) is 30.4 Å². The Bertz CT molecular complexity index is 1450. The Morgan fingerprint density at radius 2 is 1.72 bits per heavy atom. The standard InChI is InChI=1S/C29H28N4O3/c1-21-10-6-7-13-24(21)29(17-27(35)33(28(29)36)19-22-11-4-3-5-12-22)16-26(34)31(2)20-23-18-30-25-14-8-9-15-32(23)25/h3-15,18H,16-17,19-20H2,1-2H3. The average Bonchev–Trinajstić information content (AvgIpc) is 3.39. The second kappa shape index (κ2) is 9.41. The first-order valence-electron chi connectivity index (χ1n) is 12.0. The Balaban J connectivity index is 1.45. The molecule has 1 aliphatic heterocycles. The molecule has 1 atom stereocenters. The molecule has 5 rings (SSSR count). The SMILES string of the molecule is Cc1ccccc1C1(CC(=O)N(C)Cc2cnc3ccccn23)CC(=O)N(Cc2ccccc2)C1=O.